The van der Waals surface area contributed by atoms with Gasteiger partial charge in [-0.15, -0.1) is 0 Å². The normalized spacial score (nSPS) is 19.3. The number of rotatable bonds is 16. The van der Waals surface area contributed by atoms with E-state index < -0.39 is 23.4 Å². The van der Waals surface area contributed by atoms with Crippen molar-refractivity contribution in [3.63, 3.8) is 0 Å². The van der Waals surface area contributed by atoms with Crippen molar-refractivity contribution in [2.45, 2.75) is 135 Å². The number of hydrogen-bond acceptors (Lipinski definition) is 1. The highest BCUT2D eigenvalue weighted by atomic mass is 19.3. The number of aryl methyl sites for hydroxylation is 2. The molecule has 0 N–H and O–H groups in total. The molecule has 1 nitrogen and oxygen atoms in total. The van der Waals surface area contributed by atoms with Crippen molar-refractivity contribution >= 4 is 0 Å². The van der Waals surface area contributed by atoms with Crippen LogP contribution in [0.2, 0.25) is 0 Å². The van der Waals surface area contributed by atoms with Crippen molar-refractivity contribution in [3.8, 4) is 0 Å². The first kappa shape index (κ1) is 29.2. The predicted molar refractivity (Wildman–Crippen MR) is 151 cm³/mol. The third kappa shape index (κ3) is 8.09. The summed E-state index contributed by atoms with van der Waals surface area (Å²) >= 11 is 0. The highest BCUT2D eigenvalue weighted by molar-refractivity contribution is 5.39. The van der Waals surface area contributed by atoms with Crippen LogP contribution in [0.25, 0.3) is 0 Å². The molecule has 1 aromatic carbocycles. The molecule has 0 spiro atoms. The van der Waals surface area contributed by atoms with E-state index in [0.29, 0.717) is 42.0 Å². The van der Waals surface area contributed by atoms with Gasteiger partial charge in [-0.3, -0.25) is 0 Å². The summed E-state index contributed by atoms with van der Waals surface area (Å²) < 4.78 is 46.3. The molecule has 210 valence electrons. The van der Waals surface area contributed by atoms with Gasteiger partial charge in [0.05, 0.1) is 11.5 Å². The third-order valence-corrected chi connectivity index (χ3v) is 8.85. The zero-order valence-corrected chi connectivity index (χ0v) is 23.7. The first-order valence-corrected chi connectivity index (χ1v) is 15.5. The Hall–Kier alpha value is -1.84. The fourth-order valence-electron chi connectivity index (χ4n) is 6.29. The van der Waals surface area contributed by atoms with Gasteiger partial charge in [-0.25, -0.2) is 13.8 Å². The van der Waals surface area contributed by atoms with Crippen molar-refractivity contribution in [1.29, 1.82) is 0 Å². The first-order valence-electron chi connectivity index (χ1n) is 15.5. The van der Waals surface area contributed by atoms with E-state index in [1.165, 1.54) is 63.4 Å². The van der Waals surface area contributed by atoms with Gasteiger partial charge >= 0.3 is 0 Å². The number of benzene rings is 1. The van der Waals surface area contributed by atoms with Crippen LogP contribution in [0.15, 0.2) is 30.3 Å². The summed E-state index contributed by atoms with van der Waals surface area (Å²) in [4.78, 5) is 4.00. The Morgan fingerprint density at radius 2 is 1.61 bits per heavy atom. The second kappa shape index (κ2) is 14.0. The van der Waals surface area contributed by atoms with Crippen LogP contribution >= 0.6 is 0 Å². The molecule has 2 atom stereocenters. The molecule has 4 rings (SSSR count). The molecule has 0 saturated heterocycles. The van der Waals surface area contributed by atoms with Crippen LogP contribution in [0.1, 0.15) is 138 Å². The van der Waals surface area contributed by atoms with E-state index in [0.717, 1.165) is 38.0 Å². The maximum atomic E-state index is 15.6. The lowest BCUT2D eigenvalue weighted by Gasteiger charge is -2.34. The standard InChI is InChI=1S/C34H48F3N/c1-3-4-12-25(2)23-30-24-29-21-22-31(34(36,37)32(29)33(35)38-30)28-19-17-27(18-20-28)14-11-9-7-5-6-8-10-13-26-15-16-26/h17-20,24-26,31H,3-16,21-23H2,1-2H3. The highest BCUT2D eigenvalue weighted by Crippen LogP contribution is 2.50. The Morgan fingerprint density at radius 1 is 0.921 bits per heavy atom. The second-order valence-electron chi connectivity index (χ2n) is 12.3. The molecule has 1 saturated carbocycles. The molecule has 0 radical (unpaired) electrons. The van der Waals surface area contributed by atoms with E-state index in [4.69, 9.17) is 0 Å². The van der Waals surface area contributed by atoms with Crippen molar-refractivity contribution in [2.75, 3.05) is 0 Å². The molecule has 2 aromatic rings. The number of pyridine rings is 1. The SMILES string of the molecule is CCCCC(C)Cc1cc2c(c(F)n1)C(F)(F)C(c1ccc(CCCCCCCCCC3CC3)cc1)CC2. The Bertz CT molecular complexity index is 996. The Morgan fingerprint density at radius 3 is 2.29 bits per heavy atom. The van der Waals surface area contributed by atoms with Crippen LogP contribution in [0.5, 0.6) is 0 Å². The lowest BCUT2D eigenvalue weighted by Crippen LogP contribution is -2.32. The monoisotopic (exact) mass is 527 g/mol. The van der Waals surface area contributed by atoms with Crippen LogP contribution in [-0.4, -0.2) is 4.98 Å². The van der Waals surface area contributed by atoms with E-state index in [1.807, 2.05) is 24.3 Å². The summed E-state index contributed by atoms with van der Waals surface area (Å²) in [6.07, 6.45) is 19.2. The van der Waals surface area contributed by atoms with Crippen molar-refractivity contribution in [1.82, 2.24) is 4.98 Å². The van der Waals surface area contributed by atoms with Gasteiger partial charge in [0.1, 0.15) is 0 Å². The average molecular weight is 528 g/mol. The number of nitrogens with zero attached hydrogens (tertiary/aromatic N) is 1. The van der Waals surface area contributed by atoms with Gasteiger partial charge in [-0.2, -0.15) is 4.39 Å². The third-order valence-electron chi connectivity index (χ3n) is 8.85. The minimum atomic E-state index is -3.25. The number of hydrogen-bond donors (Lipinski definition) is 0. The highest BCUT2D eigenvalue weighted by Gasteiger charge is 2.49. The molecule has 0 bridgehead atoms. The maximum absolute atomic E-state index is 15.6. The molecule has 0 aliphatic heterocycles. The Labute approximate surface area is 229 Å². The lowest BCUT2D eigenvalue weighted by atomic mass is 9.77. The van der Waals surface area contributed by atoms with E-state index >= 15 is 13.2 Å². The molecule has 0 amide bonds. The number of halogens is 3. The van der Waals surface area contributed by atoms with E-state index in [1.54, 1.807) is 6.07 Å². The minimum Gasteiger partial charge on any atom is -0.224 e. The molecule has 2 aliphatic carbocycles. The smallest absolute Gasteiger partial charge is 0.224 e. The molecule has 4 heteroatoms. The molecule has 38 heavy (non-hydrogen) atoms. The topological polar surface area (TPSA) is 12.9 Å². The summed E-state index contributed by atoms with van der Waals surface area (Å²) in [7, 11) is 0. The zero-order chi connectivity index (χ0) is 27.0. The van der Waals surface area contributed by atoms with Gasteiger partial charge in [-0.05, 0) is 66.7 Å². The summed E-state index contributed by atoms with van der Waals surface area (Å²) in [5.74, 6) is -3.81. The number of alkyl halides is 2. The van der Waals surface area contributed by atoms with Crippen LogP contribution in [0.4, 0.5) is 13.2 Å². The molecule has 1 fully saturated rings. The van der Waals surface area contributed by atoms with E-state index in [9.17, 15) is 0 Å². The van der Waals surface area contributed by atoms with E-state index in [2.05, 4.69) is 18.8 Å². The van der Waals surface area contributed by atoms with Gasteiger partial charge < -0.3 is 0 Å². The van der Waals surface area contributed by atoms with Gasteiger partial charge in [0, 0.05) is 5.69 Å². The average Bonchev–Trinajstić information content (AvgIpc) is 3.71. The fourth-order valence-corrected chi connectivity index (χ4v) is 6.29. The summed E-state index contributed by atoms with van der Waals surface area (Å²) in [5, 5.41) is 0. The zero-order valence-electron chi connectivity index (χ0n) is 23.7. The summed E-state index contributed by atoms with van der Waals surface area (Å²) in [6.45, 7) is 4.27. The molecule has 2 aliphatic rings. The van der Waals surface area contributed by atoms with Crippen LogP contribution < -0.4 is 0 Å². The number of fused-ring (bicyclic) bond motifs is 1. The second-order valence-corrected chi connectivity index (χ2v) is 12.3. The molecule has 1 heterocycles. The van der Waals surface area contributed by atoms with Gasteiger partial charge in [0.2, 0.25) is 5.95 Å². The van der Waals surface area contributed by atoms with Crippen LogP contribution in [-0.2, 0) is 25.2 Å². The molecular weight excluding hydrogens is 479 g/mol. The van der Waals surface area contributed by atoms with Crippen molar-refractivity contribution in [3.05, 3.63) is 64.2 Å². The van der Waals surface area contributed by atoms with Gasteiger partial charge in [0.15, 0.2) is 0 Å². The summed E-state index contributed by atoms with van der Waals surface area (Å²) in [5.41, 5.74) is 2.38. The van der Waals surface area contributed by atoms with Crippen molar-refractivity contribution < 1.29 is 13.2 Å². The van der Waals surface area contributed by atoms with Crippen LogP contribution in [0.3, 0.4) is 0 Å². The quantitative estimate of drug-likeness (QED) is 0.156. The van der Waals surface area contributed by atoms with Gasteiger partial charge in [-0.1, -0.05) is 115 Å². The number of aromatic nitrogens is 1. The minimum absolute atomic E-state index is 0.328. The molecule has 1 aromatic heterocycles. The number of unbranched alkanes of at least 4 members (excludes halogenated alkanes) is 7. The fraction of sp³-hybridized carbons (Fsp3) is 0.676. The lowest BCUT2D eigenvalue weighted by molar-refractivity contribution is -0.0474. The summed E-state index contributed by atoms with van der Waals surface area (Å²) in [6, 6.07) is 9.41. The maximum Gasteiger partial charge on any atom is 0.284 e. The molecule has 2 unspecified atom stereocenters. The van der Waals surface area contributed by atoms with Crippen LogP contribution in [0, 0.1) is 17.8 Å². The molecular formula is C34H48F3N. The van der Waals surface area contributed by atoms with E-state index in [-0.39, 0.29) is 0 Å². The van der Waals surface area contributed by atoms with Crippen molar-refractivity contribution in [2.24, 2.45) is 11.8 Å². The first-order chi connectivity index (χ1) is 18.4. The largest absolute Gasteiger partial charge is 0.284 e. The predicted octanol–water partition coefficient (Wildman–Crippen LogP) is 10.5. The Balaban J connectivity index is 1.26. The van der Waals surface area contributed by atoms with Gasteiger partial charge in [0.25, 0.3) is 5.92 Å². The Kier molecular flexibility index (Phi) is 10.7.